The number of likely N-dealkylation sites (N-methyl/N-ethyl adjacent to an activating group) is 1. The van der Waals surface area contributed by atoms with E-state index in [2.05, 4.69) is 10.8 Å². The molecule has 2 aromatic rings. The number of carbonyl (C=O) groups excluding carboxylic acids is 2. The maximum Gasteiger partial charge on any atom is 0.306 e. The molecule has 0 aliphatic rings. The minimum absolute atomic E-state index is 0.00200. The topological polar surface area (TPSA) is 74.3 Å². The van der Waals surface area contributed by atoms with Crippen molar-refractivity contribution in [3.63, 3.8) is 0 Å². The number of carbonyl (C=O) groups is 2. The van der Waals surface area contributed by atoms with E-state index in [1.165, 1.54) is 12.7 Å². The molecule has 0 saturated heterocycles. The molecule has 32 heavy (non-hydrogen) atoms. The van der Waals surface area contributed by atoms with Crippen molar-refractivity contribution in [2.75, 3.05) is 41.5 Å². The molecule has 2 aromatic carbocycles. The van der Waals surface area contributed by atoms with Gasteiger partial charge in [-0.3, -0.25) is 9.59 Å². The van der Waals surface area contributed by atoms with E-state index >= 15 is 0 Å². The first-order chi connectivity index (χ1) is 15.4. The van der Waals surface area contributed by atoms with Gasteiger partial charge in [0.2, 0.25) is 0 Å². The van der Waals surface area contributed by atoms with E-state index in [9.17, 15) is 9.59 Å². The van der Waals surface area contributed by atoms with Gasteiger partial charge in [-0.15, -0.1) is 0 Å². The molecule has 7 heteroatoms. The van der Waals surface area contributed by atoms with Crippen LogP contribution in [0.3, 0.4) is 0 Å². The van der Waals surface area contributed by atoms with Gasteiger partial charge in [0, 0.05) is 6.54 Å². The summed E-state index contributed by atoms with van der Waals surface area (Å²) in [5.41, 5.74) is 2.26. The quantitative estimate of drug-likeness (QED) is 0.440. The maximum atomic E-state index is 12.1. The largest absolute Gasteiger partial charge is 0.497 e. The molecule has 0 saturated carbocycles. The van der Waals surface area contributed by atoms with Crippen molar-refractivity contribution >= 4 is 11.9 Å². The van der Waals surface area contributed by atoms with Crippen molar-refractivity contribution in [3.8, 4) is 11.5 Å². The number of methoxy groups -OCH3 is 2. The molecular formula is C25H33NO6. The van der Waals surface area contributed by atoms with Crippen LogP contribution in [0.5, 0.6) is 11.5 Å². The highest BCUT2D eigenvalue weighted by molar-refractivity contribution is 5.77. The molecule has 1 unspecified atom stereocenters. The van der Waals surface area contributed by atoms with Gasteiger partial charge in [0.05, 0.1) is 27.1 Å². The fraction of sp³-hybridized carbons (Fsp3) is 0.440. The van der Waals surface area contributed by atoms with Crippen LogP contribution >= 0.6 is 0 Å². The second-order valence-corrected chi connectivity index (χ2v) is 7.72. The SMILES string of the molecule is COC(=O)CCC(=O)OC(COc1ccccc1CCc1cccc(OC)c1)CN(C)C. The molecule has 7 nitrogen and oxygen atoms in total. The van der Waals surface area contributed by atoms with Crippen molar-refractivity contribution in [1.82, 2.24) is 4.90 Å². The number of para-hydroxylation sites is 1. The van der Waals surface area contributed by atoms with Crippen LogP contribution in [-0.4, -0.2) is 64.4 Å². The van der Waals surface area contributed by atoms with Crippen LogP contribution in [0.25, 0.3) is 0 Å². The lowest BCUT2D eigenvalue weighted by Gasteiger charge is -2.22. The fourth-order valence-corrected chi connectivity index (χ4v) is 3.22. The summed E-state index contributed by atoms with van der Waals surface area (Å²) in [6.07, 6.45) is 1.18. The summed E-state index contributed by atoms with van der Waals surface area (Å²) >= 11 is 0. The molecule has 174 valence electrons. The van der Waals surface area contributed by atoms with Crippen LogP contribution < -0.4 is 9.47 Å². The van der Waals surface area contributed by atoms with Gasteiger partial charge in [-0.1, -0.05) is 30.3 Å². The highest BCUT2D eigenvalue weighted by Gasteiger charge is 2.18. The van der Waals surface area contributed by atoms with Crippen molar-refractivity contribution in [1.29, 1.82) is 0 Å². The highest BCUT2D eigenvalue weighted by Crippen LogP contribution is 2.22. The second-order valence-electron chi connectivity index (χ2n) is 7.72. The van der Waals surface area contributed by atoms with Crippen LogP contribution in [0.15, 0.2) is 48.5 Å². The van der Waals surface area contributed by atoms with Crippen LogP contribution in [-0.2, 0) is 31.9 Å². The zero-order chi connectivity index (χ0) is 23.3. The molecule has 0 aliphatic heterocycles. The van der Waals surface area contributed by atoms with Gasteiger partial charge < -0.3 is 23.8 Å². The molecule has 0 radical (unpaired) electrons. The lowest BCUT2D eigenvalue weighted by atomic mass is 10.0. The summed E-state index contributed by atoms with van der Waals surface area (Å²) in [6.45, 7) is 0.730. The number of hydrogen-bond donors (Lipinski definition) is 0. The fourth-order valence-electron chi connectivity index (χ4n) is 3.22. The highest BCUT2D eigenvalue weighted by atomic mass is 16.6. The van der Waals surface area contributed by atoms with Crippen LogP contribution in [0, 0.1) is 0 Å². The van der Waals surface area contributed by atoms with Crippen LogP contribution in [0.4, 0.5) is 0 Å². The lowest BCUT2D eigenvalue weighted by Crippen LogP contribution is -2.35. The summed E-state index contributed by atoms with van der Waals surface area (Å²) in [6, 6.07) is 15.9. The summed E-state index contributed by atoms with van der Waals surface area (Å²) in [5, 5.41) is 0. The Morgan fingerprint density at radius 3 is 2.41 bits per heavy atom. The Morgan fingerprint density at radius 1 is 0.938 bits per heavy atom. The van der Waals surface area contributed by atoms with E-state index in [4.69, 9.17) is 14.2 Å². The molecule has 0 bridgehead atoms. The average molecular weight is 444 g/mol. The first-order valence-corrected chi connectivity index (χ1v) is 10.7. The number of rotatable bonds is 13. The minimum Gasteiger partial charge on any atom is -0.497 e. The first kappa shape index (κ1) is 25.2. The van der Waals surface area contributed by atoms with E-state index in [0.29, 0.717) is 6.54 Å². The summed E-state index contributed by atoms with van der Waals surface area (Å²) in [5.74, 6) is 0.724. The number of benzene rings is 2. The molecule has 0 spiro atoms. The normalized spacial score (nSPS) is 11.7. The number of ether oxygens (including phenoxy) is 4. The monoisotopic (exact) mass is 443 g/mol. The third-order valence-electron chi connectivity index (χ3n) is 4.84. The van der Waals surface area contributed by atoms with E-state index < -0.39 is 18.0 Å². The van der Waals surface area contributed by atoms with E-state index in [-0.39, 0.29) is 19.4 Å². The maximum absolute atomic E-state index is 12.1. The third-order valence-corrected chi connectivity index (χ3v) is 4.84. The van der Waals surface area contributed by atoms with Gasteiger partial charge >= 0.3 is 11.9 Å². The Morgan fingerprint density at radius 2 is 1.69 bits per heavy atom. The van der Waals surface area contributed by atoms with Crippen molar-refractivity contribution < 1.29 is 28.5 Å². The molecule has 0 aromatic heterocycles. The molecule has 0 N–H and O–H groups in total. The Hall–Kier alpha value is -3.06. The van der Waals surface area contributed by atoms with Crippen LogP contribution in [0.1, 0.15) is 24.0 Å². The molecule has 0 amide bonds. The zero-order valence-corrected chi connectivity index (χ0v) is 19.3. The first-order valence-electron chi connectivity index (χ1n) is 10.7. The standard InChI is InChI=1S/C25H33NO6/c1-26(2)17-22(32-25(28)15-14-24(27)30-4)18-31-23-11-6-5-9-20(23)13-12-19-8-7-10-21(16-19)29-3/h5-11,16,22H,12-15,17-18H2,1-4H3. The molecular weight excluding hydrogens is 410 g/mol. The van der Waals surface area contributed by atoms with E-state index in [0.717, 1.165) is 29.9 Å². The third kappa shape index (κ3) is 8.98. The van der Waals surface area contributed by atoms with Crippen molar-refractivity contribution in [2.45, 2.75) is 31.8 Å². The number of esters is 2. The Labute approximate surface area is 190 Å². The van der Waals surface area contributed by atoms with Crippen molar-refractivity contribution in [3.05, 3.63) is 59.7 Å². The smallest absolute Gasteiger partial charge is 0.306 e. The van der Waals surface area contributed by atoms with Gasteiger partial charge in [0.15, 0.2) is 0 Å². The molecule has 1 atom stereocenters. The predicted octanol–water partition coefficient (Wildman–Crippen LogP) is 3.29. The van der Waals surface area contributed by atoms with Gasteiger partial charge in [-0.2, -0.15) is 0 Å². The minimum atomic E-state index is -0.457. The van der Waals surface area contributed by atoms with E-state index in [1.54, 1.807) is 7.11 Å². The van der Waals surface area contributed by atoms with E-state index in [1.807, 2.05) is 61.5 Å². The molecule has 0 fully saturated rings. The Balaban J connectivity index is 1.96. The van der Waals surface area contributed by atoms with Gasteiger partial charge in [-0.05, 0) is 56.3 Å². The van der Waals surface area contributed by atoms with Gasteiger partial charge in [-0.25, -0.2) is 0 Å². The molecule has 0 aliphatic carbocycles. The number of aryl methyl sites for hydroxylation is 2. The second kappa shape index (κ2) is 13.4. The number of nitrogens with zero attached hydrogens (tertiary/aromatic N) is 1. The lowest BCUT2D eigenvalue weighted by molar-refractivity contribution is -0.154. The summed E-state index contributed by atoms with van der Waals surface area (Å²) in [4.78, 5) is 25.3. The van der Waals surface area contributed by atoms with Gasteiger partial charge in [0.1, 0.15) is 24.2 Å². The molecule has 2 rings (SSSR count). The zero-order valence-electron chi connectivity index (χ0n) is 19.3. The van der Waals surface area contributed by atoms with Gasteiger partial charge in [0.25, 0.3) is 0 Å². The summed E-state index contributed by atoms with van der Waals surface area (Å²) < 4.78 is 21.5. The van der Waals surface area contributed by atoms with Crippen LogP contribution in [0.2, 0.25) is 0 Å². The molecule has 0 heterocycles. The summed E-state index contributed by atoms with van der Waals surface area (Å²) in [7, 11) is 6.76. The van der Waals surface area contributed by atoms with Crippen molar-refractivity contribution in [2.24, 2.45) is 0 Å². The Bertz CT molecular complexity index is 867. The predicted molar refractivity (Wildman–Crippen MR) is 122 cm³/mol. The Kier molecular flexibility index (Phi) is 10.5. The average Bonchev–Trinajstić information content (AvgIpc) is 2.79. The number of hydrogen-bond acceptors (Lipinski definition) is 7.